The first-order chi connectivity index (χ1) is 11.7. The van der Waals surface area contributed by atoms with E-state index in [1.807, 2.05) is 30.3 Å². The van der Waals surface area contributed by atoms with Gasteiger partial charge >= 0.3 is 6.03 Å². The van der Waals surface area contributed by atoms with E-state index in [0.29, 0.717) is 16.5 Å². The van der Waals surface area contributed by atoms with E-state index in [1.165, 1.54) is 19.3 Å². The van der Waals surface area contributed by atoms with Crippen LogP contribution in [-0.2, 0) is 0 Å². The van der Waals surface area contributed by atoms with E-state index in [2.05, 4.69) is 20.9 Å². The van der Waals surface area contributed by atoms with Crippen LogP contribution in [0.1, 0.15) is 32.1 Å². The molecular weight excluding hydrogens is 324 g/mol. The van der Waals surface area contributed by atoms with Crippen LogP contribution in [0.25, 0.3) is 0 Å². The number of hydrogen-bond donors (Lipinski definition) is 3. The lowest BCUT2D eigenvalue weighted by atomic mass is 9.96. The number of benzene rings is 1. The maximum Gasteiger partial charge on any atom is 0.319 e. The second-order valence-electron chi connectivity index (χ2n) is 5.97. The number of amides is 2. The van der Waals surface area contributed by atoms with Gasteiger partial charge in [-0.25, -0.2) is 9.78 Å². The summed E-state index contributed by atoms with van der Waals surface area (Å²) in [5.74, 6) is 0.668. The van der Waals surface area contributed by atoms with E-state index in [-0.39, 0.29) is 12.1 Å². The minimum absolute atomic E-state index is 0.171. The molecule has 1 fully saturated rings. The molecule has 0 saturated heterocycles. The lowest BCUT2D eigenvalue weighted by molar-refractivity contribution is 0.244. The molecule has 0 atom stereocenters. The Bertz CT molecular complexity index is 684. The predicted octanol–water partition coefficient (Wildman–Crippen LogP) is 4.93. The zero-order chi connectivity index (χ0) is 16.8. The van der Waals surface area contributed by atoms with Crippen molar-refractivity contribution in [1.29, 1.82) is 0 Å². The molecule has 126 valence electrons. The first kappa shape index (κ1) is 16.6. The van der Waals surface area contributed by atoms with Gasteiger partial charge in [0.15, 0.2) is 0 Å². The highest BCUT2D eigenvalue weighted by atomic mass is 35.5. The van der Waals surface area contributed by atoms with Crippen LogP contribution in [0.4, 0.5) is 22.0 Å². The number of urea groups is 1. The Balaban J connectivity index is 1.54. The molecule has 0 bridgehead atoms. The number of hydrogen-bond acceptors (Lipinski definition) is 3. The molecule has 0 spiro atoms. The standard InChI is InChI=1S/C18H21ClN4O/c19-15-8-4-5-9-16(15)23-17-11-10-14(12-20-17)22-18(24)21-13-6-2-1-3-7-13/h4-5,8-13H,1-3,6-7H2,(H,20,23)(H2,21,22,24). The summed E-state index contributed by atoms with van der Waals surface area (Å²) in [6, 6.07) is 11.2. The second kappa shape index (κ2) is 8.02. The van der Waals surface area contributed by atoms with Crippen molar-refractivity contribution >= 4 is 34.8 Å². The highest BCUT2D eigenvalue weighted by Gasteiger charge is 2.15. The Morgan fingerprint density at radius 1 is 1.08 bits per heavy atom. The number of halogens is 1. The van der Waals surface area contributed by atoms with Gasteiger partial charge in [-0.3, -0.25) is 0 Å². The number of carbonyl (C=O) groups excluding carboxylic acids is 1. The van der Waals surface area contributed by atoms with Crippen molar-refractivity contribution < 1.29 is 4.79 Å². The third-order valence-electron chi connectivity index (χ3n) is 4.10. The molecule has 2 amide bonds. The molecule has 0 aliphatic heterocycles. The molecule has 3 rings (SSSR count). The Hall–Kier alpha value is -2.27. The van der Waals surface area contributed by atoms with Gasteiger partial charge in [-0.2, -0.15) is 0 Å². The van der Waals surface area contributed by atoms with Gasteiger partial charge in [0.05, 0.1) is 22.6 Å². The molecule has 1 heterocycles. The molecule has 0 radical (unpaired) electrons. The summed E-state index contributed by atoms with van der Waals surface area (Å²) >= 11 is 6.11. The lowest BCUT2D eigenvalue weighted by Crippen LogP contribution is -2.39. The van der Waals surface area contributed by atoms with Crippen LogP contribution in [0.5, 0.6) is 0 Å². The van der Waals surface area contributed by atoms with Crippen LogP contribution in [0.15, 0.2) is 42.6 Å². The lowest BCUT2D eigenvalue weighted by Gasteiger charge is -2.22. The Morgan fingerprint density at radius 2 is 1.88 bits per heavy atom. The number of anilines is 3. The topological polar surface area (TPSA) is 66.0 Å². The number of para-hydroxylation sites is 1. The zero-order valence-corrected chi connectivity index (χ0v) is 14.1. The summed E-state index contributed by atoms with van der Waals surface area (Å²) in [5, 5.41) is 9.62. The first-order valence-corrected chi connectivity index (χ1v) is 8.63. The minimum Gasteiger partial charge on any atom is -0.339 e. The summed E-state index contributed by atoms with van der Waals surface area (Å²) in [6.07, 6.45) is 7.39. The number of rotatable bonds is 4. The molecule has 1 aliphatic rings. The molecular formula is C18H21ClN4O. The third-order valence-corrected chi connectivity index (χ3v) is 4.43. The molecule has 1 aromatic heterocycles. The fourth-order valence-corrected chi connectivity index (χ4v) is 3.02. The van der Waals surface area contributed by atoms with Crippen molar-refractivity contribution in [3.8, 4) is 0 Å². The van der Waals surface area contributed by atoms with Gasteiger partial charge in [-0.15, -0.1) is 0 Å². The van der Waals surface area contributed by atoms with E-state index in [1.54, 1.807) is 12.3 Å². The SMILES string of the molecule is O=C(Nc1ccc(Nc2ccccc2Cl)nc1)NC1CCCCC1. The number of aromatic nitrogens is 1. The maximum absolute atomic E-state index is 12.0. The molecule has 6 heteroatoms. The average Bonchev–Trinajstić information content (AvgIpc) is 2.59. The quantitative estimate of drug-likeness (QED) is 0.736. The van der Waals surface area contributed by atoms with Gasteiger partial charge in [0, 0.05) is 6.04 Å². The van der Waals surface area contributed by atoms with Crippen molar-refractivity contribution in [2.24, 2.45) is 0 Å². The monoisotopic (exact) mass is 344 g/mol. The Labute approximate surface area is 146 Å². The highest BCUT2D eigenvalue weighted by molar-refractivity contribution is 6.33. The number of pyridine rings is 1. The van der Waals surface area contributed by atoms with Crippen molar-refractivity contribution in [3.63, 3.8) is 0 Å². The fourth-order valence-electron chi connectivity index (χ4n) is 2.84. The molecule has 24 heavy (non-hydrogen) atoms. The van der Waals surface area contributed by atoms with Crippen molar-refractivity contribution in [2.45, 2.75) is 38.1 Å². The molecule has 0 unspecified atom stereocenters. The van der Waals surface area contributed by atoms with Crippen LogP contribution in [0.2, 0.25) is 5.02 Å². The first-order valence-electron chi connectivity index (χ1n) is 8.26. The second-order valence-corrected chi connectivity index (χ2v) is 6.38. The molecule has 1 aromatic carbocycles. The highest BCUT2D eigenvalue weighted by Crippen LogP contribution is 2.24. The van der Waals surface area contributed by atoms with Gasteiger partial charge in [-0.1, -0.05) is 43.0 Å². The summed E-state index contributed by atoms with van der Waals surface area (Å²) in [5.41, 5.74) is 1.45. The van der Waals surface area contributed by atoms with Crippen LogP contribution in [0, 0.1) is 0 Å². The summed E-state index contributed by atoms with van der Waals surface area (Å²) < 4.78 is 0. The number of carbonyl (C=O) groups is 1. The smallest absolute Gasteiger partial charge is 0.319 e. The van der Waals surface area contributed by atoms with Crippen LogP contribution < -0.4 is 16.0 Å². The summed E-state index contributed by atoms with van der Waals surface area (Å²) in [4.78, 5) is 16.3. The maximum atomic E-state index is 12.0. The molecule has 5 nitrogen and oxygen atoms in total. The third kappa shape index (κ3) is 4.61. The zero-order valence-electron chi connectivity index (χ0n) is 13.4. The molecule has 1 aliphatic carbocycles. The van der Waals surface area contributed by atoms with Crippen LogP contribution in [0.3, 0.4) is 0 Å². The Kier molecular flexibility index (Phi) is 5.54. The van der Waals surface area contributed by atoms with Crippen LogP contribution >= 0.6 is 11.6 Å². The van der Waals surface area contributed by atoms with Gasteiger partial charge in [0.1, 0.15) is 5.82 Å². The molecule has 1 saturated carbocycles. The summed E-state index contributed by atoms with van der Waals surface area (Å²) in [7, 11) is 0. The van der Waals surface area contributed by atoms with Gasteiger partial charge < -0.3 is 16.0 Å². The molecule has 3 N–H and O–H groups in total. The van der Waals surface area contributed by atoms with Crippen molar-refractivity contribution in [1.82, 2.24) is 10.3 Å². The summed E-state index contributed by atoms with van der Waals surface area (Å²) in [6.45, 7) is 0. The van der Waals surface area contributed by atoms with Gasteiger partial charge in [0.2, 0.25) is 0 Å². The van der Waals surface area contributed by atoms with Gasteiger partial charge in [0.25, 0.3) is 0 Å². The van der Waals surface area contributed by atoms with Gasteiger partial charge in [-0.05, 0) is 37.1 Å². The van der Waals surface area contributed by atoms with Crippen LogP contribution in [-0.4, -0.2) is 17.1 Å². The molecule has 2 aromatic rings. The van der Waals surface area contributed by atoms with E-state index in [9.17, 15) is 4.79 Å². The predicted molar refractivity (Wildman–Crippen MR) is 98.0 cm³/mol. The van der Waals surface area contributed by atoms with Crippen molar-refractivity contribution in [2.75, 3.05) is 10.6 Å². The van der Waals surface area contributed by atoms with E-state index >= 15 is 0 Å². The largest absolute Gasteiger partial charge is 0.339 e. The van der Waals surface area contributed by atoms with E-state index in [0.717, 1.165) is 18.5 Å². The Morgan fingerprint density at radius 3 is 2.58 bits per heavy atom. The van der Waals surface area contributed by atoms with E-state index < -0.39 is 0 Å². The van der Waals surface area contributed by atoms with Crippen molar-refractivity contribution in [3.05, 3.63) is 47.6 Å². The normalized spacial score (nSPS) is 14.9. The number of nitrogens with one attached hydrogen (secondary N) is 3. The number of nitrogens with zero attached hydrogens (tertiary/aromatic N) is 1. The minimum atomic E-state index is -0.171. The fraction of sp³-hybridized carbons (Fsp3) is 0.333. The average molecular weight is 345 g/mol. The van der Waals surface area contributed by atoms with E-state index in [4.69, 9.17) is 11.6 Å².